The molecule has 6 rings (SSSR count). The first-order chi connectivity index (χ1) is 15.4. The molecule has 4 unspecified atom stereocenters. The molecule has 0 radical (unpaired) electrons. The first-order valence-electron chi connectivity index (χ1n) is 13.5. The average molecular weight is 413 g/mol. The van der Waals surface area contributed by atoms with Gasteiger partial charge in [0.15, 0.2) is 0 Å². The Morgan fingerprint density at radius 2 is 0.839 bits per heavy atom. The molecule has 0 N–H and O–H groups in total. The number of hydrogen-bond donors (Lipinski definition) is 0. The van der Waals surface area contributed by atoms with Crippen molar-refractivity contribution in [2.24, 2.45) is 35.5 Å². The first-order valence-corrected chi connectivity index (χ1v) is 13.5. The van der Waals surface area contributed by atoms with Crippen molar-refractivity contribution in [2.75, 3.05) is 0 Å². The van der Waals surface area contributed by atoms with E-state index in [9.17, 15) is 0 Å². The first kappa shape index (κ1) is 20.1. The maximum atomic E-state index is 2.51. The van der Waals surface area contributed by atoms with E-state index in [0.717, 1.165) is 35.5 Å². The summed E-state index contributed by atoms with van der Waals surface area (Å²) < 4.78 is 0. The van der Waals surface area contributed by atoms with E-state index >= 15 is 0 Å². The van der Waals surface area contributed by atoms with E-state index < -0.39 is 0 Å². The third kappa shape index (κ3) is 3.15. The lowest BCUT2D eigenvalue weighted by molar-refractivity contribution is 0.0965. The minimum absolute atomic E-state index is 0.218. The lowest BCUT2D eigenvalue weighted by atomic mass is 9.52. The lowest BCUT2D eigenvalue weighted by Gasteiger charge is -2.51. The summed E-state index contributed by atoms with van der Waals surface area (Å²) in [6, 6.07) is 23.8. The number of hydrogen-bond acceptors (Lipinski definition) is 0. The third-order valence-electron chi connectivity index (χ3n) is 10.3. The summed E-state index contributed by atoms with van der Waals surface area (Å²) in [5.41, 5.74) is 3.51. The second-order valence-corrected chi connectivity index (χ2v) is 11.3. The highest BCUT2D eigenvalue weighted by Gasteiger charge is 2.61. The highest BCUT2D eigenvalue weighted by atomic mass is 14.6. The Bertz CT molecular complexity index is 785. The van der Waals surface area contributed by atoms with Gasteiger partial charge in [-0.25, -0.2) is 0 Å². The molecule has 4 aliphatic carbocycles. The average Bonchev–Trinajstić information content (AvgIpc) is 3.49. The molecule has 31 heavy (non-hydrogen) atoms. The van der Waals surface area contributed by atoms with Crippen LogP contribution in [0.1, 0.15) is 88.2 Å². The van der Waals surface area contributed by atoms with Crippen molar-refractivity contribution in [1.29, 1.82) is 0 Å². The van der Waals surface area contributed by atoms with Gasteiger partial charge in [-0.05, 0) is 85.2 Å². The van der Waals surface area contributed by atoms with E-state index in [4.69, 9.17) is 0 Å². The lowest BCUT2D eigenvalue weighted by Crippen LogP contribution is -2.48. The summed E-state index contributed by atoms with van der Waals surface area (Å²) in [6.45, 7) is 0. The summed E-state index contributed by atoms with van der Waals surface area (Å²) in [6.07, 6.45) is 17.7. The van der Waals surface area contributed by atoms with E-state index in [-0.39, 0.29) is 5.41 Å². The zero-order chi connectivity index (χ0) is 20.7. The summed E-state index contributed by atoms with van der Waals surface area (Å²) in [7, 11) is 0. The van der Waals surface area contributed by atoms with Crippen LogP contribution in [0, 0.1) is 35.5 Å². The molecule has 0 saturated heterocycles. The van der Waals surface area contributed by atoms with Crippen LogP contribution in [0.2, 0.25) is 0 Å². The van der Waals surface area contributed by atoms with Gasteiger partial charge in [0.05, 0.1) is 0 Å². The fourth-order valence-corrected chi connectivity index (χ4v) is 9.43. The van der Waals surface area contributed by atoms with Gasteiger partial charge in [-0.15, -0.1) is 0 Å². The van der Waals surface area contributed by atoms with Crippen LogP contribution in [-0.4, -0.2) is 0 Å². The Morgan fingerprint density at radius 1 is 0.452 bits per heavy atom. The smallest absolute Gasteiger partial charge is 0.0264 e. The minimum atomic E-state index is 0.218. The van der Waals surface area contributed by atoms with E-state index in [1.54, 1.807) is 11.1 Å². The molecule has 0 heteroatoms. The van der Waals surface area contributed by atoms with Gasteiger partial charge >= 0.3 is 0 Å². The van der Waals surface area contributed by atoms with Crippen molar-refractivity contribution < 1.29 is 0 Å². The van der Waals surface area contributed by atoms with Gasteiger partial charge in [-0.2, -0.15) is 0 Å². The summed E-state index contributed by atoms with van der Waals surface area (Å²) in [5, 5.41) is 0. The topological polar surface area (TPSA) is 0 Å². The van der Waals surface area contributed by atoms with Crippen molar-refractivity contribution in [3.05, 3.63) is 71.8 Å². The Morgan fingerprint density at radius 3 is 1.29 bits per heavy atom. The van der Waals surface area contributed by atoms with Crippen molar-refractivity contribution in [3.63, 3.8) is 0 Å². The molecule has 0 bridgehead atoms. The van der Waals surface area contributed by atoms with E-state index in [0.29, 0.717) is 0 Å². The van der Waals surface area contributed by atoms with Gasteiger partial charge < -0.3 is 0 Å². The summed E-state index contributed by atoms with van der Waals surface area (Å²) >= 11 is 0. The van der Waals surface area contributed by atoms with Gasteiger partial charge in [0, 0.05) is 5.41 Å². The van der Waals surface area contributed by atoms with Gasteiger partial charge in [-0.3, -0.25) is 0 Å². The highest BCUT2D eigenvalue weighted by Crippen LogP contribution is 2.66. The molecular formula is C31H40. The van der Waals surface area contributed by atoms with Gasteiger partial charge in [-0.1, -0.05) is 99.2 Å². The van der Waals surface area contributed by atoms with E-state index in [1.807, 2.05) is 0 Å². The SMILES string of the molecule is c1ccc(C(c2ccccc2)(C2CCCC2)C2C3CCCCC3C3CCCCC32)cc1. The Labute approximate surface area is 189 Å². The fourth-order valence-electron chi connectivity index (χ4n) is 9.43. The molecule has 0 nitrogen and oxygen atoms in total. The third-order valence-corrected chi connectivity index (χ3v) is 10.3. The summed E-state index contributed by atoms with van der Waals surface area (Å²) in [5.74, 6) is 5.57. The molecule has 0 aromatic heterocycles. The number of fused-ring (bicyclic) bond motifs is 3. The predicted octanol–water partition coefficient (Wildman–Crippen LogP) is 8.41. The van der Waals surface area contributed by atoms with Crippen LogP contribution < -0.4 is 0 Å². The molecule has 4 atom stereocenters. The molecular weight excluding hydrogens is 372 g/mol. The van der Waals surface area contributed by atoms with Gasteiger partial charge in [0.25, 0.3) is 0 Å². The largest absolute Gasteiger partial charge is 0.0622 e. The molecule has 2 aromatic carbocycles. The Balaban J connectivity index is 1.59. The van der Waals surface area contributed by atoms with Gasteiger partial charge in [0.2, 0.25) is 0 Å². The molecule has 4 saturated carbocycles. The molecule has 0 spiro atoms. The zero-order valence-corrected chi connectivity index (χ0v) is 19.2. The van der Waals surface area contributed by atoms with Crippen molar-refractivity contribution in [2.45, 2.75) is 82.5 Å². The van der Waals surface area contributed by atoms with Crippen molar-refractivity contribution in [1.82, 2.24) is 0 Å². The van der Waals surface area contributed by atoms with Crippen molar-refractivity contribution in [3.8, 4) is 0 Å². The molecule has 0 heterocycles. The molecule has 4 fully saturated rings. The van der Waals surface area contributed by atoms with Crippen LogP contribution in [-0.2, 0) is 5.41 Å². The van der Waals surface area contributed by atoms with Crippen LogP contribution in [0.25, 0.3) is 0 Å². The van der Waals surface area contributed by atoms with E-state index in [1.165, 1.54) is 77.0 Å². The van der Waals surface area contributed by atoms with E-state index in [2.05, 4.69) is 60.7 Å². The summed E-state index contributed by atoms with van der Waals surface area (Å²) in [4.78, 5) is 0. The Hall–Kier alpha value is -1.56. The maximum Gasteiger partial charge on any atom is 0.0264 e. The van der Waals surface area contributed by atoms with Crippen LogP contribution in [0.4, 0.5) is 0 Å². The second-order valence-electron chi connectivity index (χ2n) is 11.3. The molecule has 0 amide bonds. The molecule has 164 valence electrons. The Kier molecular flexibility index (Phi) is 5.45. The van der Waals surface area contributed by atoms with Gasteiger partial charge in [0.1, 0.15) is 0 Å². The maximum absolute atomic E-state index is 2.51. The molecule has 0 aliphatic heterocycles. The minimum Gasteiger partial charge on any atom is -0.0622 e. The number of rotatable bonds is 4. The quantitative estimate of drug-likeness (QED) is 0.473. The fraction of sp³-hybridized carbons (Fsp3) is 0.613. The second kappa shape index (κ2) is 8.42. The number of benzene rings is 2. The van der Waals surface area contributed by atoms with Crippen molar-refractivity contribution >= 4 is 0 Å². The van der Waals surface area contributed by atoms with Crippen LogP contribution in [0.5, 0.6) is 0 Å². The normalized spacial score (nSPS) is 33.7. The zero-order valence-electron chi connectivity index (χ0n) is 19.2. The standard InChI is InChI=1S/C31H40/c1-3-13-23(14-4-1)31(25-17-7-8-18-25,24-15-5-2-6-16-24)30-28-21-11-9-19-26(28)27-20-10-12-22-29(27)30/h1-6,13-16,25-30H,7-12,17-22H2. The van der Waals surface area contributed by atoms with Crippen LogP contribution in [0.15, 0.2) is 60.7 Å². The molecule has 4 aliphatic rings. The van der Waals surface area contributed by atoms with Crippen LogP contribution >= 0.6 is 0 Å². The monoisotopic (exact) mass is 412 g/mol. The highest BCUT2D eigenvalue weighted by molar-refractivity contribution is 5.43. The molecule has 2 aromatic rings. The predicted molar refractivity (Wildman–Crippen MR) is 130 cm³/mol. The van der Waals surface area contributed by atoms with Crippen LogP contribution in [0.3, 0.4) is 0 Å².